The van der Waals surface area contributed by atoms with Crippen LogP contribution in [0.15, 0.2) is 36.5 Å². The zero-order valence-electron chi connectivity index (χ0n) is 10.8. The topological polar surface area (TPSA) is 25.8 Å². The van der Waals surface area contributed by atoms with Gasteiger partial charge in [0.05, 0.1) is 5.69 Å². The number of aryl methyl sites for hydroxylation is 2. The molecule has 0 aliphatic rings. The Morgan fingerprint density at radius 1 is 1.06 bits per heavy atom. The van der Waals surface area contributed by atoms with Crippen LogP contribution in [0.4, 0.5) is 0 Å². The van der Waals surface area contributed by atoms with E-state index in [4.69, 9.17) is 0 Å². The van der Waals surface area contributed by atoms with E-state index in [1.807, 2.05) is 31.6 Å². The van der Waals surface area contributed by atoms with Gasteiger partial charge in [-0.1, -0.05) is 23.8 Å². The van der Waals surface area contributed by atoms with Crippen LogP contribution in [0.3, 0.4) is 0 Å². The fourth-order valence-electron chi connectivity index (χ4n) is 1.42. The molecule has 0 saturated heterocycles. The summed E-state index contributed by atoms with van der Waals surface area (Å²) in [7, 11) is 0. The van der Waals surface area contributed by atoms with Crippen molar-refractivity contribution < 1.29 is 0 Å². The van der Waals surface area contributed by atoms with Crippen molar-refractivity contribution in [2.45, 2.75) is 13.8 Å². The molecule has 0 atom stereocenters. The van der Waals surface area contributed by atoms with Crippen LogP contribution in [-0.2, 0) is 0 Å². The van der Waals surface area contributed by atoms with Crippen LogP contribution in [0.25, 0.3) is 11.3 Å². The Kier molecular flexibility index (Phi) is 5.70. The van der Waals surface area contributed by atoms with Crippen LogP contribution in [0.2, 0.25) is 0 Å². The van der Waals surface area contributed by atoms with E-state index >= 15 is 0 Å². The highest BCUT2D eigenvalue weighted by Crippen LogP contribution is 2.17. The van der Waals surface area contributed by atoms with Crippen molar-refractivity contribution in [3.63, 3.8) is 0 Å². The maximum atomic E-state index is 4.37. The van der Waals surface area contributed by atoms with E-state index in [1.54, 1.807) is 18.0 Å². The summed E-state index contributed by atoms with van der Waals surface area (Å²) in [5.74, 6) is 0.809. The monoisotopic (exact) mass is 246 g/mol. The van der Waals surface area contributed by atoms with Crippen molar-refractivity contribution in [2.75, 3.05) is 12.5 Å². The van der Waals surface area contributed by atoms with Gasteiger partial charge >= 0.3 is 0 Å². The molecular weight excluding hydrogens is 228 g/mol. The van der Waals surface area contributed by atoms with Gasteiger partial charge in [-0.3, -0.25) is 0 Å². The lowest BCUT2D eigenvalue weighted by Crippen LogP contribution is -1.89. The summed E-state index contributed by atoms with van der Waals surface area (Å²) >= 11 is 1.75. The van der Waals surface area contributed by atoms with Crippen LogP contribution < -0.4 is 0 Å². The van der Waals surface area contributed by atoms with Crippen molar-refractivity contribution in [3.05, 3.63) is 47.9 Å². The molecule has 0 radical (unpaired) electrons. The molecule has 0 bridgehead atoms. The third-order valence-corrected chi connectivity index (χ3v) is 2.09. The normalized spacial score (nSPS) is 9.41. The van der Waals surface area contributed by atoms with Crippen molar-refractivity contribution in [2.24, 2.45) is 0 Å². The maximum Gasteiger partial charge on any atom is 0.125 e. The number of benzene rings is 1. The number of nitrogens with zero attached hydrogens (tertiary/aromatic N) is 2. The van der Waals surface area contributed by atoms with Gasteiger partial charge in [0.15, 0.2) is 0 Å². The summed E-state index contributed by atoms with van der Waals surface area (Å²) in [6.45, 7) is 3.98. The van der Waals surface area contributed by atoms with Crippen molar-refractivity contribution >= 4 is 11.8 Å². The molecule has 0 fully saturated rings. The van der Waals surface area contributed by atoms with E-state index in [-0.39, 0.29) is 0 Å². The molecule has 17 heavy (non-hydrogen) atoms. The van der Waals surface area contributed by atoms with Crippen molar-refractivity contribution in [1.29, 1.82) is 0 Å². The lowest BCUT2D eigenvalue weighted by atomic mass is 10.1. The first kappa shape index (κ1) is 13.7. The molecule has 0 spiro atoms. The van der Waals surface area contributed by atoms with Gasteiger partial charge in [-0.15, -0.1) is 0 Å². The zero-order valence-corrected chi connectivity index (χ0v) is 11.6. The molecule has 0 unspecified atom stereocenters. The molecule has 0 N–H and O–H groups in total. The van der Waals surface area contributed by atoms with Gasteiger partial charge in [-0.25, -0.2) is 9.97 Å². The smallest absolute Gasteiger partial charge is 0.125 e. The summed E-state index contributed by atoms with van der Waals surface area (Å²) in [4.78, 5) is 8.45. The largest absolute Gasteiger partial charge is 0.242 e. The lowest BCUT2D eigenvalue weighted by Gasteiger charge is -2.01. The first-order valence-electron chi connectivity index (χ1n) is 5.44. The molecule has 1 heterocycles. The summed E-state index contributed by atoms with van der Waals surface area (Å²) < 4.78 is 0. The number of thioether (sulfide) groups is 1. The SMILES string of the molecule is CSC.Cc1cccc(-c2ccnc(C)n2)c1. The van der Waals surface area contributed by atoms with Gasteiger partial charge in [-0.05, 0) is 38.5 Å². The van der Waals surface area contributed by atoms with E-state index in [0.29, 0.717) is 0 Å². The second-order valence-electron chi connectivity index (χ2n) is 3.77. The van der Waals surface area contributed by atoms with E-state index in [0.717, 1.165) is 17.1 Å². The fourth-order valence-corrected chi connectivity index (χ4v) is 1.42. The Labute approximate surface area is 108 Å². The highest BCUT2D eigenvalue weighted by molar-refractivity contribution is 7.97. The second kappa shape index (κ2) is 7.07. The van der Waals surface area contributed by atoms with Crippen LogP contribution in [-0.4, -0.2) is 22.5 Å². The van der Waals surface area contributed by atoms with Gasteiger partial charge in [0, 0.05) is 11.8 Å². The first-order valence-corrected chi connectivity index (χ1v) is 7.07. The van der Waals surface area contributed by atoms with Gasteiger partial charge in [-0.2, -0.15) is 11.8 Å². The van der Waals surface area contributed by atoms with E-state index in [1.165, 1.54) is 5.56 Å². The summed E-state index contributed by atoms with van der Waals surface area (Å²) in [6, 6.07) is 10.2. The quantitative estimate of drug-likeness (QED) is 0.766. The highest BCUT2D eigenvalue weighted by Gasteiger charge is 1.98. The van der Waals surface area contributed by atoms with E-state index < -0.39 is 0 Å². The lowest BCUT2D eigenvalue weighted by molar-refractivity contribution is 1.06. The molecule has 90 valence electrons. The molecular formula is C14H18N2S. The fraction of sp³-hybridized carbons (Fsp3) is 0.286. The van der Waals surface area contributed by atoms with Crippen LogP contribution in [0.1, 0.15) is 11.4 Å². The van der Waals surface area contributed by atoms with Gasteiger partial charge in [0.1, 0.15) is 5.82 Å². The molecule has 0 amide bonds. The Bertz CT molecular complexity index is 426. The molecule has 3 heteroatoms. The minimum Gasteiger partial charge on any atom is -0.242 e. The van der Waals surface area contributed by atoms with E-state index in [9.17, 15) is 0 Å². The standard InChI is InChI=1S/C12H12N2.C2H6S/c1-9-4-3-5-11(8-9)12-6-7-13-10(2)14-12;1-3-2/h3-8H,1-2H3;1-2H3. The number of aromatic nitrogens is 2. The number of hydrogen-bond donors (Lipinski definition) is 0. The molecule has 1 aromatic carbocycles. The minimum atomic E-state index is 0.809. The molecule has 0 saturated carbocycles. The summed E-state index contributed by atoms with van der Waals surface area (Å²) in [6.07, 6.45) is 5.88. The van der Waals surface area contributed by atoms with Crippen LogP contribution >= 0.6 is 11.8 Å². The van der Waals surface area contributed by atoms with Gasteiger partial charge in [0.2, 0.25) is 0 Å². The van der Waals surface area contributed by atoms with Gasteiger partial charge < -0.3 is 0 Å². The zero-order chi connectivity index (χ0) is 12.7. The Morgan fingerprint density at radius 3 is 2.35 bits per heavy atom. The molecule has 2 aromatic rings. The predicted molar refractivity (Wildman–Crippen MR) is 76.4 cm³/mol. The summed E-state index contributed by atoms with van der Waals surface area (Å²) in [5, 5.41) is 0. The molecule has 0 aliphatic heterocycles. The van der Waals surface area contributed by atoms with Crippen LogP contribution in [0, 0.1) is 13.8 Å². The molecule has 1 aromatic heterocycles. The average Bonchev–Trinajstić information content (AvgIpc) is 2.30. The molecule has 0 aliphatic carbocycles. The first-order chi connectivity index (χ1) is 8.17. The van der Waals surface area contributed by atoms with Crippen molar-refractivity contribution in [3.8, 4) is 11.3 Å². The maximum absolute atomic E-state index is 4.37. The Balaban J connectivity index is 0.000000437. The third-order valence-electron chi connectivity index (χ3n) is 2.09. The number of hydrogen-bond acceptors (Lipinski definition) is 3. The predicted octanol–water partition coefficient (Wildman–Crippen LogP) is 3.74. The average molecular weight is 246 g/mol. The highest BCUT2D eigenvalue weighted by atomic mass is 32.2. The molecule has 2 rings (SSSR count). The molecule has 2 nitrogen and oxygen atoms in total. The van der Waals surface area contributed by atoms with Gasteiger partial charge in [0.25, 0.3) is 0 Å². The third kappa shape index (κ3) is 4.57. The minimum absolute atomic E-state index is 0.809. The van der Waals surface area contributed by atoms with Crippen LogP contribution in [0.5, 0.6) is 0 Å². The Hall–Kier alpha value is -1.35. The van der Waals surface area contributed by atoms with Crippen molar-refractivity contribution in [1.82, 2.24) is 9.97 Å². The second-order valence-corrected chi connectivity index (χ2v) is 4.58. The Morgan fingerprint density at radius 2 is 1.76 bits per heavy atom. The summed E-state index contributed by atoms with van der Waals surface area (Å²) in [5.41, 5.74) is 3.38. The number of rotatable bonds is 1. The van der Waals surface area contributed by atoms with E-state index in [2.05, 4.69) is 35.1 Å².